The van der Waals surface area contributed by atoms with Crippen molar-refractivity contribution < 1.29 is 9.59 Å². The van der Waals surface area contributed by atoms with Gasteiger partial charge in [0.15, 0.2) is 0 Å². The molecule has 0 unspecified atom stereocenters. The van der Waals surface area contributed by atoms with Gasteiger partial charge in [-0.25, -0.2) is 4.90 Å². The number of benzene rings is 1. The number of carbonyl (C=O) groups is 2. The van der Waals surface area contributed by atoms with Crippen LogP contribution in [0.25, 0.3) is 0 Å². The fourth-order valence-electron chi connectivity index (χ4n) is 3.59. The van der Waals surface area contributed by atoms with E-state index >= 15 is 0 Å². The molecule has 0 bridgehead atoms. The first-order chi connectivity index (χ1) is 10.0. The lowest BCUT2D eigenvalue weighted by molar-refractivity contribution is -0.134. The lowest BCUT2D eigenvalue weighted by Crippen LogP contribution is -2.49. The second-order valence-electron chi connectivity index (χ2n) is 6.11. The number of rotatable bonds is 1. The molecule has 0 radical (unpaired) electrons. The van der Waals surface area contributed by atoms with E-state index < -0.39 is 0 Å². The molecule has 21 heavy (non-hydrogen) atoms. The smallest absolute Gasteiger partial charge is 0.234 e. The number of imide groups is 1. The van der Waals surface area contributed by atoms with Gasteiger partial charge in [-0.15, -0.1) is 0 Å². The Morgan fingerprint density at radius 3 is 2.29 bits per heavy atom. The predicted molar refractivity (Wildman–Crippen MR) is 86.4 cm³/mol. The number of amides is 2. The monoisotopic (exact) mass is 369 g/mol. The molecule has 1 aromatic carbocycles. The van der Waals surface area contributed by atoms with Gasteiger partial charge in [0.1, 0.15) is 0 Å². The summed E-state index contributed by atoms with van der Waals surface area (Å²) < 4.78 is 0.605. The van der Waals surface area contributed by atoms with Crippen LogP contribution in [0.15, 0.2) is 22.7 Å². The van der Waals surface area contributed by atoms with E-state index in [1.54, 1.807) is 18.2 Å². The van der Waals surface area contributed by atoms with Gasteiger partial charge in [0.05, 0.1) is 15.2 Å². The van der Waals surface area contributed by atoms with E-state index in [-0.39, 0.29) is 17.2 Å². The molecule has 2 amide bonds. The summed E-state index contributed by atoms with van der Waals surface area (Å²) in [6, 6.07) is 5.25. The summed E-state index contributed by atoms with van der Waals surface area (Å²) in [6.45, 7) is 0. The van der Waals surface area contributed by atoms with Crippen molar-refractivity contribution in [3.05, 3.63) is 27.7 Å². The van der Waals surface area contributed by atoms with Gasteiger partial charge in [0, 0.05) is 12.8 Å². The van der Waals surface area contributed by atoms with Gasteiger partial charge in [0.25, 0.3) is 0 Å². The third kappa shape index (κ3) is 2.76. The number of anilines is 1. The van der Waals surface area contributed by atoms with Gasteiger partial charge in [-0.1, -0.05) is 36.9 Å². The second-order valence-corrected chi connectivity index (χ2v) is 7.31. The van der Waals surface area contributed by atoms with E-state index in [9.17, 15) is 9.59 Å². The molecule has 1 saturated carbocycles. The van der Waals surface area contributed by atoms with Crippen LogP contribution in [0.5, 0.6) is 0 Å². The number of hydrogen-bond acceptors (Lipinski definition) is 2. The van der Waals surface area contributed by atoms with Gasteiger partial charge in [-0.3, -0.25) is 9.59 Å². The van der Waals surface area contributed by atoms with Crippen molar-refractivity contribution in [2.75, 3.05) is 4.90 Å². The van der Waals surface area contributed by atoms with Crippen LogP contribution in [-0.4, -0.2) is 11.8 Å². The Labute approximate surface area is 137 Å². The summed E-state index contributed by atoms with van der Waals surface area (Å²) in [5.41, 5.74) is 0.469. The Morgan fingerprint density at radius 2 is 1.67 bits per heavy atom. The average Bonchev–Trinajstić information content (AvgIpc) is 2.43. The number of carbonyl (C=O) groups excluding carboxylic acids is 2. The molecule has 0 aromatic heterocycles. The molecule has 112 valence electrons. The first kappa shape index (κ1) is 15.0. The summed E-state index contributed by atoms with van der Waals surface area (Å²) in [7, 11) is 0. The van der Waals surface area contributed by atoms with Crippen LogP contribution in [0.3, 0.4) is 0 Å². The van der Waals surface area contributed by atoms with E-state index in [1.807, 2.05) is 0 Å². The summed E-state index contributed by atoms with van der Waals surface area (Å²) in [5.74, 6) is -0.202. The Morgan fingerprint density at radius 1 is 1.05 bits per heavy atom. The highest BCUT2D eigenvalue weighted by Gasteiger charge is 2.44. The van der Waals surface area contributed by atoms with Crippen molar-refractivity contribution in [1.29, 1.82) is 0 Å². The fourth-order valence-corrected chi connectivity index (χ4v) is 4.20. The molecular formula is C16H17BrClNO2. The van der Waals surface area contributed by atoms with Gasteiger partial charge in [-0.05, 0) is 46.3 Å². The highest BCUT2D eigenvalue weighted by atomic mass is 79.9. The summed E-state index contributed by atoms with van der Waals surface area (Å²) in [6.07, 6.45) is 6.40. The largest absolute Gasteiger partial charge is 0.274 e. The Hall–Kier alpha value is -0.870. The molecule has 3 nitrogen and oxygen atoms in total. The molecule has 1 aliphatic heterocycles. The molecule has 1 aliphatic carbocycles. The van der Waals surface area contributed by atoms with Crippen molar-refractivity contribution in [3.63, 3.8) is 0 Å². The van der Waals surface area contributed by atoms with Gasteiger partial charge in [-0.2, -0.15) is 0 Å². The van der Waals surface area contributed by atoms with Crippen LogP contribution < -0.4 is 4.90 Å². The molecule has 2 aliphatic rings. The molecule has 1 heterocycles. The van der Waals surface area contributed by atoms with E-state index in [0.717, 1.165) is 25.7 Å². The molecule has 0 atom stereocenters. The minimum Gasteiger partial charge on any atom is -0.274 e. The van der Waals surface area contributed by atoms with Gasteiger partial charge < -0.3 is 0 Å². The zero-order valence-corrected chi connectivity index (χ0v) is 14.0. The van der Waals surface area contributed by atoms with Crippen molar-refractivity contribution in [2.24, 2.45) is 5.41 Å². The number of nitrogens with zero attached hydrogens (tertiary/aromatic N) is 1. The first-order valence-corrected chi connectivity index (χ1v) is 8.49. The zero-order valence-electron chi connectivity index (χ0n) is 11.7. The Bertz CT molecular complexity index is 576. The summed E-state index contributed by atoms with van der Waals surface area (Å²) >= 11 is 9.45. The van der Waals surface area contributed by atoms with E-state index in [1.165, 1.54) is 11.3 Å². The van der Waals surface area contributed by atoms with E-state index in [4.69, 9.17) is 11.6 Å². The summed E-state index contributed by atoms with van der Waals surface area (Å²) in [5, 5.41) is 0.506. The maximum absolute atomic E-state index is 12.6. The highest BCUT2D eigenvalue weighted by Crippen LogP contribution is 2.47. The average molecular weight is 371 g/mol. The van der Waals surface area contributed by atoms with Crippen molar-refractivity contribution in [2.45, 2.75) is 44.9 Å². The minimum atomic E-state index is -0.101. The molecule has 0 N–H and O–H groups in total. The molecular weight excluding hydrogens is 354 g/mol. The topological polar surface area (TPSA) is 37.4 Å². The second kappa shape index (κ2) is 5.73. The Kier molecular flexibility index (Phi) is 4.10. The normalized spacial score (nSPS) is 21.9. The van der Waals surface area contributed by atoms with Crippen LogP contribution in [0.1, 0.15) is 44.9 Å². The molecule has 1 spiro atoms. The Balaban J connectivity index is 1.90. The van der Waals surface area contributed by atoms with Crippen molar-refractivity contribution in [1.82, 2.24) is 0 Å². The first-order valence-electron chi connectivity index (χ1n) is 7.32. The van der Waals surface area contributed by atoms with Crippen LogP contribution in [0, 0.1) is 5.41 Å². The lowest BCUT2D eigenvalue weighted by Gasteiger charge is -2.42. The van der Waals surface area contributed by atoms with Crippen molar-refractivity contribution in [3.8, 4) is 0 Å². The maximum atomic E-state index is 12.6. The third-order valence-electron chi connectivity index (χ3n) is 4.64. The van der Waals surface area contributed by atoms with E-state index in [0.29, 0.717) is 28.0 Å². The summed E-state index contributed by atoms with van der Waals surface area (Å²) in [4.78, 5) is 26.5. The molecule has 2 fully saturated rings. The molecule has 5 heteroatoms. The zero-order chi connectivity index (χ0) is 15.0. The SMILES string of the molecule is O=C1CC2(CCCCC2)CC(=O)N1c1cccc(Cl)c1Br. The fraction of sp³-hybridized carbons (Fsp3) is 0.500. The minimum absolute atomic E-state index is 0.0893. The van der Waals surface area contributed by atoms with Crippen LogP contribution in [0.2, 0.25) is 5.02 Å². The van der Waals surface area contributed by atoms with E-state index in [2.05, 4.69) is 15.9 Å². The number of hydrogen-bond donors (Lipinski definition) is 0. The van der Waals surface area contributed by atoms with Crippen LogP contribution >= 0.6 is 27.5 Å². The molecule has 1 aromatic rings. The van der Waals surface area contributed by atoms with Crippen LogP contribution in [0.4, 0.5) is 5.69 Å². The third-order valence-corrected chi connectivity index (χ3v) is 6.01. The van der Waals surface area contributed by atoms with Gasteiger partial charge in [0.2, 0.25) is 11.8 Å². The lowest BCUT2D eigenvalue weighted by atomic mass is 9.67. The highest BCUT2D eigenvalue weighted by molar-refractivity contribution is 9.10. The number of halogens is 2. The van der Waals surface area contributed by atoms with Crippen LogP contribution in [-0.2, 0) is 9.59 Å². The molecule has 3 rings (SSSR count). The predicted octanol–water partition coefficient (Wildman–Crippen LogP) is 4.71. The maximum Gasteiger partial charge on any atom is 0.234 e. The number of piperidine rings is 1. The van der Waals surface area contributed by atoms with Crippen molar-refractivity contribution >= 4 is 45.0 Å². The van der Waals surface area contributed by atoms with Gasteiger partial charge >= 0.3 is 0 Å². The standard InChI is InChI=1S/C16H17BrClNO2/c17-15-11(18)5-4-6-12(15)19-13(20)9-16(10-14(19)21)7-2-1-3-8-16/h4-6H,1-3,7-10H2. The quantitative estimate of drug-likeness (QED) is 0.672. The molecule has 1 saturated heterocycles.